The molecule has 0 heterocycles. The monoisotopic (exact) mass is 120 g/mol. The van der Waals surface area contributed by atoms with E-state index in [1.54, 1.807) is 5.92 Å². The first-order chi connectivity index (χ1) is 4.45. The first kappa shape index (κ1) is 5.52. The molecule has 1 atom stereocenters. The Morgan fingerprint density at radius 3 is 3.22 bits per heavy atom. The van der Waals surface area contributed by atoms with Gasteiger partial charge in [-0.25, -0.2) is 0 Å². The Balaban J connectivity index is 2.08. The van der Waals surface area contributed by atoms with Crippen LogP contribution in [0.3, 0.4) is 0 Å². The molecule has 0 nitrogen and oxygen atoms in total. The smallest absolute Gasteiger partial charge is 0.0198 e. The van der Waals surface area contributed by atoms with Crippen molar-refractivity contribution >= 4 is 0 Å². The standard InChI is InChI=1S/C9H12/c1-2-4-9-6-5-8(3-1)7-9/h1-2,5,8H,3-4,6-7H2. The van der Waals surface area contributed by atoms with E-state index in [4.69, 9.17) is 0 Å². The molecule has 1 fully saturated rings. The second-order valence-electron chi connectivity index (χ2n) is 3.07. The number of fused-ring (bicyclic) bond motifs is 2. The van der Waals surface area contributed by atoms with Crippen molar-refractivity contribution in [3.8, 4) is 0 Å². The van der Waals surface area contributed by atoms with Gasteiger partial charge in [0, 0.05) is 0 Å². The van der Waals surface area contributed by atoms with Gasteiger partial charge in [0.05, 0.1) is 0 Å². The lowest BCUT2D eigenvalue weighted by Crippen LogP contribution is -1.89. The van der Waals surface area contributed by atoms with Gasteiger partial charge in [-0.1, -0.05) is 12.2 Å². The van der Waals surface area contributed by atoms with Crippen LogP contribution in [-0.4, -0.2) is 0 Å². The van der Waals surface area contributed by atoms with Gasteiger partial charge in [-0.05, 0) is 43.9 Å². The van der Waals surface area contributed by atoms with Gasteiger partial charge >= 0.3 is 0 Å². The summed E-state index contributed by atoms with van der Waals surface area (Å²) in [4.78, 5) is 0. The zero-order chi connectivity index (χ0) is 6.10. The molecular weight excluding hydrogens is 108 g/mol. The Hall–Kier alpha value is -0.260. The third-order valence-corrected chi connectivity index (χ3v) is 2.30. The average Bonchev–Trinajstić information content (AvgIpc) is 2.09. The maximum absolute atomic E-state index is 2.47. The molecule has 2 aliphatic carbocycles. The van der Waals surface area contributed by atoms with E-state index in [9.17, 15) is 0 Å². The van der Waals surface area contributed by atoms with E-state index >= 15 is 0 Å². The molecular formula is C9H12. The number of rotatable bonds is 0. The van der Waals surface area contributed by atoms with Gasteiger partial charge < -0.3 is 0 Å². The first-order valence-corrected chi connectivity index (χ1v) is 3.77. The van der Waals surface area contributed by atoms with Gasteiger partial charge in [0.15, 0.2) is 0 Å². The van der Waals surface area contributed by atoms with Crippen LogP contribution < -0.4 is 0 Å². The van der Waals surface area contributed by atoms with Crippen molar-refractivity contribution in [3.05, 3.63) is 24.5 Å². The first-order valence-electron chi connectivity index (χ1n) is 3.77. The normalized spacial score (nSPS) is 34.9. The van der Waals surface area contributed by atoms with Crippen LogP contribution in [0, 0.1) is 18.3 Å². The van der Waals surface area contributed by atoms with E-state index in [0.29, 0.717) is 0 Å². The van der Waals surface area contributed by atoms with Crippen molar-refractivity contribution < 1.29 is 0 Å². The maximum atomic E-state index is 2.47. The lowest BCUT2D eigenvalue weighted by molar-refractivity contribution is 0.651. The molecule has 0 heteroatoms. The Labute approximate surface area is 57.0 Å². The summed E-state index contributed by atoms with van der Waals surface area (Å²) < 4.78 is 0. The molecule has 0 aromatic rings. The van der Waals surface area contributed by atoms with Crippen LogP contribution in [0.15, 0.2) is 12.2 Å². The Morgan fingerprint density at radius 2 is 2.22 bits per heavy atom. The Morgan fingerprint density at radius 1 is 1.22 bits per heavy atom. The summed E-state index contributed by atoms with van der Waals surface area (Å²) in [6.07, 6.45) is 12.4. The van der Waals surface area contributed by atoms with Gasteiger partial charge in [-0.3, -0.25) is 0 Å². The van der Waals surface area contributed by atoms with Crippen molar-refractivity contribution in [2.24, 2.45) is 5.92 Å². The topological polar surface area (TPSA) is 0 Å². The molecule has 1 saturated carbocycles. The highest BCUT2D eigenvalue weighted by Gasteiger charge is 2.24. The highest BCUT2D eigenvalue weighted by Crippen LogP contribution is 2.38. The van der Waals surface area contributed by atoms with Crippen molar-refractivity contribution in [2.75, 3.05) is 0 Å². The molecule has 0 aromatic carbocycles. The second-order valence-corrected chi connectivity index (χ2v) is 3.07. The predicted octanol–water partition coefficient (Wildman–Crippen LogP) is 2.53. The zero-order valence-corrected chi connectivity index (χ0v) is 5.64. The van der Waals surface area contributed by atoms with Crippen LogP contribution in [0.4, 0.5) is 0 Å². The number of allylic oxidation sites excluding steroid dienone is 2. The van der Waals surface area contributed by atoms with Gasteiger partial charge in [0.25, 0.3) is 0 Å². The molecule has 9 heavy (non-hydrogen) atoms. The maximum Gasteiger partial charge on any atom is -0.0198 e. The number of hydrogen-bond donors (Lipinski definition) is 0. The van der Waals surface area contributed by atoms with Crippen LogP contribution in [-0.2, 0) is 0 Å². The van der Waals surface area contributed by atoms with E-state index in [0.717, 1.165) is 5.92 Å². The summed E-state index contributed by atoms with van der Waals surface area (Å²) in [6, 6.07) is 0. The second kappa shape index (κ2) is 2.17. The molecule has 0 aromatic heterocycles. The van der Waals surface area contributed by atoms with Crippen LogP contribution in [0.5, 0.6) is 0 Å². The molecule has 48 valence electrons. The van der Waals surface area contributed by atoms with E-state index in [2.05, 4.69) is 18.6 Å². The molecule has 2 bridgehead atoms. The van der Waals surface area contributed by atoms with Crippen LogP contribution in [0.2, 0.25) is 0 Å². The highest BCUT2D eigenvalue weighted by atomic mass is 14.3. The summed E-state index contributed by atoms with van der Waals surface area (Å²) >= 11 is 0. The SMILES string of the molecule is [CH]1C[C]2CC=CCC1C2. The van der Waals surface area contributed by atoms with Crippen LogP contribution in [0.25, 0.3) is 0 Å². The average molecular weight is 120 g/mol. The fourth-order valence-electron chi connectivity index (χ4n) is 1.74. The molecule has 2 aliphatic rings. The molecule has 0 N–H and O–H groups in total. The number of hydrogen-bond acceptors (Lipinski definition) is 0. The minimum Gasteiger partial charge on any atom is -0.0882 e. The molecule has 2 rings (SSSR count). The summed E-state index contributed by atoms with van der Waals surface area (Å²) in [5, 5.41) is 0. The molecule has 0 spiro atoms. The van der Waals surface area contributed by atoms with Gasteiger partial charge in [-0.2, -0.15) is 0 Å². The minimum atomic E-state index is 0.902. The minimum absolute atomic E-state index is 0.902. The lowest BCUT2D eigenvalue weighted by atomic mass is 10.0. The fraction of sp³-hybridized carbons (Fsp3) is 0.556. The van der Waals surface area contributed by atoms with E-state index in [1.807, 2.05) is 0 Å². The van der Waals surface area contributed by atoms with Gasteiger partial charge in [-0.15, -0.1) is 0 Å². The predicted molar refractivity (Wildman–Crippen MR) is 38.6 cm³/mol. The summed E-state index contributed by atoms with van der Waals surface area (Å²) in [7, 11) is 0. The van der Waals surface area contributed by atoms with E-state index in [-0.39, 0.29) is 0 Å². The van der Waals surface area contributed by atoms with Crippen molar-refractivity contribution in [3.63, 3.8) is 0 Å². The van der Waals surface area contributed by atoms with Crippen molar-refractivity contribution in [1.29, 1.82) is 0 Å². The summed E-state index contributed by atoms with van der Waals surface area (Å²) in [5.74, 6) is 2.65. The van der Waals surface area contributed by atoms with Gasteiger partial charge in [0.2, 0.25) is 0 Å². The third-order valence-electron chi connectivity index (χ3n) is 2.30. The zero-order valence-electron chi connectivity index (χ0n) is 5.64. The molecule has 1 unspecified atom stereocenters. The van der Waals surface area contributed by atoms with Crippen LogP contribution >= 0.6 is 0 Å². The fourth-order valence-corrected chi connectivity index (χ4v) is 1.74. The molecule has 0 saturated heterocycles. The van der Waals surface area contributed by atoms with Crippen molar-refractivity contribution in [1.82, 2.24) is 0 Å². The van der Waals surface area contributed by atoms with Crippen molar-refractivity contribution in [2.45, 2.75) is 25.7 Å². The molecule has 0 aliphatic heterocycles. The summed E-state index contributed by atoms with van der Waals surface area (Å²) in [6.45, 7) is 0. The van der Waals surface area contributed by atoms with Gasteiger partial charge in [0.1, 0.15) is 0 Å². The Bertz CT molecular complexity index is 110. The lowest BCUT2D eigenvalue weighted by Gasteiger charge is -2.01. The quantitative estimate of drug-likeness (QED) is 0.431. The molecule has 0 amide bonds. The highest BCUT2D eigenvalue weighted by molar-refractivity contribution is 5.14. The Kier molecular flexibility index (Phi) is 1.33. The third kappa shape index (κ3) is 1.03. The summed E-state index contributed by atoms with van der Waals surface area (Å²) in [5.41, 5.74) is 0. The van der Waals surface area contributed by atoms with Crippen LogP contribution in [0.1, 0.15) is 25.7 Å². The largest absolute Gasteiger partial charge is 0.0882 e. The molecule has 2 radical (unpaired) electrons. The van der Waals surface area contributed by atoms with E-state index < -0.39 is 0 Å². The van der Waals surface area contributed by atoms with E-state index in [1.165, 1.54) is 25.7 Å².